The smallest absolute Gasteiger partial charge is 0.150 e. The van der Waals surface area contributed by atoms with E-state index in [2.05, 4.69) is 15.9 Å². The molecule has 0 saturated carbocycles. The molecular formula is C12H15BrO3. The van der Waals surface area contributed by atoms with Crippen molar-refractivity contribution < 1.29 is 14.3 Å². The molecule has 0 aromatic heterocycles. The highest BCUT2D eigenvalue weighted by molar-refractivity contribution is 9.10. The first-order chi connectivity index (χ1) is 7.63. The fourth-order valence-electron chi connectivity index (χ4n) is 1.14. The molecule has 0 aliphatic carbocycles. The lowest BCUT2D eigenvalue weighted by atomic mass is 10.2. The molecule has 0 bridgehead atoms. The first kappa shape index (κ1) is 13.2. The molecule has 0 aliphatic rings. The van der Waals surface area contributed by atoms with Gasteiger partial charge in [0.05, 0.1) is 17.2 Å². The Hall–Kier alpha value is -0.870. The lowest BCUT2D eigenvalue weighted by molar-refractivity contribution is 0.0551. The van der Waals surface area contributed by atoms with Gasteiger partial charge in [-0.3, -0.25) is 4.79 Å². The average Bonchev–Trinajstić information content (AvgIpc) is 2.25. The summed E-state index contributed by atoms with van der Waals surface area (Å²) in [6.07, 6.45) is 1.01. The number of rotatable bonds is 6. The lowest BCUT2D eigenvalue weighted by Crippen LogP contribution is -2.11. The van der Waals surface area contributed by atoms with Gasteiger partial charge in [0, 0.05) is 5.56 Å². The van der Waals surface area contributed by atoms with Crippen LogP contribution in [0.1, 0.15) is 24.2 Å². The minimum atomic E-state index is 0.212. The van der Waals surface area contributed by atoms with Gasteiger partial charge >= 0.3 is 0 Å². The molecule has 3 nitrogen and oxygen atoms in total. The standard InChI is InChI=1S/C12H15BrO3/c1-9(2)15-5-6-16-12-4-3-10(8-14)7-11(12)13/h3-4,7-9H,5-6H2,1-2H3. The molecule has 0 saturated heterocycles. The summed E-state index contributed by atoms with van der Waals surface area (Å²) in [7, 11) is 0. The fourth-order valence-corrected chi connectivity index (χ4v) is 1.65. The predicted octanol–water partition coefficient (Wildman–Crippen LogP) is 3.07. The van der Waals surface area contributed by atoms with E-state index < -0.39 is 0 Å². The quantitative estimate of drug-likeness (QED) is 0.596. The third-order valence-corrected chi connectivity index (χ3v) is 2.50. The van der Waals surface area contributed by atoms with Gasteiger partial charge in [0.1, 0.15) is 18.6 Å². The molecular weight excluding hydrogens is 272 g/mol. The maximum atomic E-state index is 10.5. The Balaban J connectivity index is 2.45. The first-order valence-corrected chi connectivity index (χ1v) is 5.92. The normalized spacial score (nSPS) is 10.5. The SMILES string of the molecule is CC(C)OCCOc1ccc(C=O)cc1Br. The van der Waals surface area contributed by atoms with Crippen LogP contribution in [-0.2, 0) is 4.74 Å². The van der Waals surface area contributed by atoms with Gasteiger partial charge in [-0.05, 0) is 48.0 Å². The topological polar surface area (TPSA) is 35.5 Å². The molecule has 0 unspecified atom stereocenters. The van der Waals surface area contributed by atoms with Gasteiger partial charge in [-0.1, -0.05) is 0 Å². The van der Waals surface area contributed by atoms with E-state index in [1.54, 1.807) is 18.2 Å². The highest BCUT2D eigenvalue weighted by atomic mass is 79.9. The summed E-state index contributed by atoms with van der Waals surface area (Å²) >= 11 is 3.34. The molecule has 0 radical (unpaired) electrons. The number of halogens is 1. The summed E-state index contributed by atoms with van der Waals surface area (Å²) in [5.41, 5.74) is 0.623. The van der Waals surface area contributed by atoms with Crippen molar-refractivity contribution in [3.05, 3.63) is 28.2 Å². The zero-order valence-corrected chi connectivity index (χ0v) is 11.0. The third-order valence-electron chi connectivity index (χ3n) is 1.88. The van der Waals surface area contributed by atoms with E-state index in [0.29, 0.717) is 18.8 Å². The number of aldehydes is 1. The Labute approximate surface area is 104 Å². The van der Waals surface area contributed by atoms with Crippen LogP contribution in [0.15, 0.2) is 22.7 Å². The minimum absolute atomic E-state index is 0.212. The van der Waals surface area contributed by atoms with Crippen LogP contribution in [0.5, 0.6) is 5.75 Å². The van der Waals surface area contributed by atoms with Crippen molar-refractivity contribution >= 4 is 22.2 Å². The van der Waals surface area contributed by atoms with Crippen LogP contribution in [0.3, 0.4) is 0 Å². The molecule has 16 heavy (non-hydrogen) atoms. The molecule has 0 N–H and O–H groups in total. The van der Waals surface area contributed by atoms with Crippen LogP contribution in [0.4, 0.5) is 0 Å². The van der Waals surface area contributed by atoms with Crippen LogP contribution in [0.25, 0.3) is 0 Å². The lowest BCUT2D eigenvalue weighted by Gasteiger charge is -2.10. The Morgan fingerprint density at radius 1 is 1.38 bits per heavy atom. The largest absolute Gasteiger partial charge is 0.490 e. The average molecular weight is 287 g/mol. The third kappa shape index (κ3) is 4.33. The van der Waals surface area contributed by atoms with E-state index >= 15 is 0 Å². The maximum absolute atomic E-state index is 10.5. The molecule has 1 rings (SSSR count). The van der Waals surface area contributed by atoms with Crippen LogP contribution >= 0.6 is 15.9 Å². The molecule has 0 spiro atoms. The second kappa shape index (κ2) is 6.66. The predicted molar refractivity (Wildman–Crippen MR) is 66.1 cm³/mol. The number of ether oxygens (including phenoxy) is 2. The maximum Gasteiger partial charge on any atom is 0.150 e. The van der Waals surface area contributed by atoms with Gasteiger partial charge in [-0.25, -0.2) is 0 Å². The van der Waals surface area contributed by atoms with Gasteiger partial charge in [0.15, 0.2) is 0 Å². The Kier molecular flexibility index (Phi) is 5.49. The summed E-state index contributed by atoms with van der Waals surface area (Å²) < 4.78 is 11.6. The monoisotopic (exact) mass is 286 g/mol. The molecule has 0 heterocycles. The zero-order valence-electron chi connectivity index (χ0n) is 9.40. The molecule has 1 aromatic carbocycles. The molecule has 4 heteroatoms. The van der Waals surface area contributed by atoms with Crippen molar-refractivity contribution in [1.82, 2.24) is 0 Å². The molecule has 0 amide bonds. The van der Waals surface area contributed by atoms with Crippen molar-refractivity contribution in [2.24, 2.45) is 0 Å². The van der Waals surface area contributed by atoms with Gasteiger partial charge in [-0.15, -0.1) is 0 Å². The highest BCUT2D eigenvalue weighted by Crippen LogP contribution is 2.25. The number of carbonyl (C=O) groups is 1. The van der Waals surface area contributed by atoms with E-state index in [4.69, 9.17) is 9.47 Å². The zero-order chi connectivity index (χ0) is 12.0. The minimum Gasteiger partial charge on any atom is -0.490 e. The molecule has 0 fully saturated rings. The van der Waals surface area contributed by atoms with E-state index in [0.717, 1.165) is 16.5 Å². The highest BCUT2D eigenvalue weighted by Gasteiger charge is 2.02. The summed E-state index contributed by atoms with van der Waals surface area (Å²) in [5.74, 6) is 0.720. The summed E-state index contributed by atoms with van der Waals surface area (Å²) in [5, 5.41) is 0. The molecule has 0 aliphatic heterocycles. The van der Waals surface area contributed by atoms with Crippen molar-refractivity contribution in [1.29, 1.82) is 0 Å². The van der Waals surface area contributed by atoms with Gasteiger partial charge in [0.2, 0.25) is 0 Å². The second-order valence-electron chi connectivity index (χ2n) is 3.58. The van der Waals surface area contributed by atoms with Gasteiger partial charge in [-0.2, -0.15) is 0 Å². The summed E-state index contributed by atoms with van der Waals surface area (Å²) in [6, 6.07) is 5.21. The summed E-state index contributed by atoms with van der Waals surface area (Å²) in [4.78, 5) is 10.5. The number of hydrogen-bond donors (Lipinski definition) is 0. The molecule has 1 aromatic rings. The summed E-state index contributed by atoms with van der Waals surface area (Å²) in [6.45, 7) is 5.01. The van der Waals surface area contributed by atoms with Crippen LogP contribution in [0.2, 0.25) is 0 Å². The van der Waals surface area contributed by atoms with Crippen LogP contribution in [-0.4, -0.2) is 25.6 Å². The number of hydrogen-bond acceptors (Lipinski definition) is 3. The van der Waals surface area contributed by atoms with Crippen molar-refractivity contribution in [2.45, 2.75) is 20.0 Å². The molecule has 0 atom stereocenters. The first-order valence-electron chi connectivity index (χ1n) is 5.12. The van der Waals surface area contributed by atoms with Crippen LogP contribution in [0, 0.1) is 0 Å². The number of benzene rings is 1. The van der Waals surface area contributed by atoms with Gasteiger partial charge in [0.25, 0.3) is 0 Å². The van der Waals surface area contributed by atoms with E-state index in [1.807, 2.05) is 13.8 Å². The Morgan fingerprint density at radius 3 is 2.69 bits per heavy atom. The van der Waals surface area contributed by atoms with E-state index in [-0.39, 0.29) is 6.10 Å². The van der Waals surface area contributed by atoms with E-state index in [9.17, 15) is 4.79 Å². The van der Waals surface area contributed by atoms with Crippen molar-refractivity contribution in [3.63, 3.8) is 0 Å². The Morgan fingerprint density at radius 2 is 2.12 bits per heavy atom. The second-order valence-corrected chi connectivity index (χ2v) is 4.43. The fraction of sp³-hybridized carbons (Fsp3) is 0.417. The Bertz CT molecular complexity index is 350. The number of carbonyl (C=O) groups excluding carboxylic acids is 1. The molecule has 88 valence electrons. The van der Waals surface area contributed by atoms with Crippen LogP contribution < -0.4 is 4.74 Å². The van der Waals surface area contributed by atoms with E-state index in [1.165, 1.54) is 0 Å². The van der Waals surface area contributed by atoms with Crippen molar-refractivity contribution in [3.8, 4) is 5.75 Å². The van der Waals surface area contributed by atoms with Gasteiger partial charge < -0.3 is 9.47 Å². The van der Waals surface area contributed by atoms with Crippen molar-refractivity contribution in [2.75, 3.05) is 13.2 Å².